The molecule has 2 unspecified atom stereocenters. The Balaban J connectivity index is 4.01. The third-order valence-electron chi connectivity index (χ3n) is 17.4. The molecule has 0 bridgehead atoms. The predicted octanol–water partition coefficient (Wildman–Crippen LogP) is 23.5. The van der Waals surface area contributed by atoms with Crippen LogP contribution in [0.15, 0.2) is 72.9 Å². The largest absolute Gasteiger partial charge is 0.545 e. The highest BCUT2D eigenvalue weighted by atomic mass is 16.7. The van der Waals surface area contributed by atoms with Crippen LogP contribution in [0.2, 0.25) is 0 Å². The molecule has 0 radical (unpaired) electrons. The summed E-state index contributed by atoms with van der Waals surface area (Å²) in [5.74, 6) is -2.26. The van der Waals surface area contributed by atoms with E-state index in [1.807, 2.05) is 21.1 Å². The maximum Gasteiger partial charge on any atom is 0.306 e. The highest BCUT2D eigenvalue weighted by molar-refractivity contribution is 5.70. The molecule has 0 amide bonds. The number of aliphatic carboxylic acids is 1. The van der Waals surface area contributed by atoms with Crippen LogP contribution in [0.1, 0.15) is 373 Å². The number of esters is 2. The number of carbonyl (C=O) groups excluding carboxylic acids is 3. The number of likely N-dealkylation sites (N-methyl/N-ethyl adjacent to an activating group) is 1. The van der Waals surface area contributed by atoms with Crippen LogP contribution < -0.4 is 5.11 Å². The van der Waals surface area contributed by atoms with Crippen molar-refractivity contribution in [2.45, 2.75) is 386 Å². The quantitative estimate of drug-likeness (QED) is 0.0195. The van der Waals surface area contributed by atoms with Crippen LogP contribution in [0.4, 0.5) is 0 Å². The van der Waals surface area contributed by atoms with Crippen LogP contribution in [0.5, 0.6) is 0 Å². The molecule has 0 spiro atoms. The Hall–Kier alpha value is -3.27. The van der Waals surface area contributed by atoms with E-state index in [9.17, 15) is 19.5 Å². The summed E-state index contributed by atoms with van der Waals surface area (Å²) in [4.78, 5) is 37.6. The molecule has 0 aromatic heterocycles. The van der Waals surface area contributed by atoms with Crippen molar-refractivity contribution in [3.05, 3.63) is 72.9 Å². The number of hydrogen-bond donors (Lipinski definition) is 0. The van der Waals surface area contributed by atoms with E-state index in [-0.39, 0.29) is 32.2 Å². The summed E-state index contributed by atoms with van der Waals surface area (Å²) >= 11 is 0. The zero-order valence-corrected chi connectivity index (χ0v) is 60.7. The van der Waals surface area contributed by atoms with Crippen LogP contribution in [0.25, 0.3) is 0 Å². The Kier molecular flexibility index (Phi) is 69.9. The van der Waals surface area contributed by atoms with E-state index in [1.54, 1.807) is 0 Å². The molecule has 2 atom stereocenters. The normalized spacial score (nSPS) is 13.0. The molecule has 530 valence electrons. The standard InChI is InChI=1S/C82H149NO8/c1-6-8-10-12-14-16-18-20-22-24-26-28-30-32-34-36-38-40-42-44-46-48-50-52-54-56-58-60-62-64-66-68-70-72-79(84)89-76-78(77-90-82(81(86)87)88-75-74-83(3,4)5)91-80(85)73-71-69-67-65-63-61-59-57-55-53-51-49-47-45-43-41-39-37-35-33-31-29-27-25-23-21-19-17-15-13-11-9-7-2/h9,11,15,17,21,23-24,26-27,29,33,35,78,82H,6-8,10,12-14,16,18-20,22,25,28,30-32,34,36-77H2,1-5H3/b11-9-,17-15-,23-21-,26-24-,29-27-,35-33-. The lowest BCUT2D eigenvalue weighted by Gasteiger charge is -2.26. The van der Waals surface area contributed by atoms with Gasteiger partial charge in [0.15, 0.2) is 12.4 Å². The zero-order chi connectivity index (χ0) is 66.1. The smallest absolute Gasteiger partial charge is 0.306 e. The molecule has 0 N–H and O–H groups in total. The number of ether oxygens (including phenoxy) is 4. The van der Waals surface area contributed by atoms with Crippen molar-refractivity contribution in [1.29, 1.82) is 0 Å². The minimum absolute atomic E-state index is 0.149. The van der Waals surface area contributed by atoms with E-state index in [0.717, 1.165) is 64.2 Å². The van der Waals surface area contributed by atoms with Gasteiger partial charge < -0.3 is 33.3 Å². The molecule has 0 aromatic rings. The summed E-state index contributed by atoms with van der Waals surface area (Å²) in [6.45, 7) is 4.69. The minimum Gasteiger partial charge on any atom is -0.545 e. The van der Waals surface area contributed by atoms with E-state index in [2.05, 4.69) is 86.8 Å². The lowest BCUT2D eigenvalue weighted by Crippen LogP contribution is -2.44. The SMILES string of the molecule is CC/C=C\C/C=C\C/C=C\C/C=C\C/C=C\CCCCCCCCCCCCCCCCCCCC(=O)OC(COC(=O)CCCCCCCCCCCCCCCCCCCCCCC/C=C\CCCCCCCCCC)COC(OCC[N+](C)(C)C)C(=O)[O-]. The van der Waals surface area contributed by atoms with Crippen molar-refractivity contribution >= 4 is 17.9 Å². The van der Waals surface area contributed by atoms with Crippen LogP contribution in [-0.4, -0.2) is 82.3 Å². The Bertz CT molecular complexity index is 1730. The van der Waals surface area contributed by atoms with Crippen molar-refractivity contribution in [3.8, 4) is 0 Å². The van der Waals surface area contributed by atoms with Gasteiger partial charge >= 0.3 is 11.9 Å². The van der Waals surface area contributed by atoms with Gasteiger partial charge in [-0.05, 0) is 83.5 Å². The number of carboxylic acid groups (broad SMARTS) is 1. The van der Waals surface area contributed by atoms with Crippen LogP contribution in [-0.2, 0) is 33.3 Å². The molecule has 0 saturated carbocycles. The first-order chi connectivity index (χ1) is 44.6. The zero-order valence-electron chi connectivity index (χ0n) is 60.7. The molecule has 0 aromatic carbocycles. The highest BCUT2D eigenvalue weighted by Crippen LogP contribution is 2.19. The summed E-state index contributed by atoms with van der Waals surface area (Å²) in [6, 6.07) is 0. The summed E-state index contributed by atoms with van der Waals surface area (Å²) in [7, 11) is 5.95. The lowest BCUT2D eigenvalue weighted by molar-refractivity contribution is -0.870. The van der Waals surface area contributed by atoms with Crippen LogP contribution in [0.3, 0.4) is 0 Å². The summed E-state index contributed by atoms with van der Waals surface area (Å²) in [5, 5.41) is 11.9. The third kappa shape index (κ3) is 74.0. The summed E-state index contributed by atoms with van der Waals surface area (Å²) in [5.41, 5.74) is 0. The van der Waals surface area contributed by atoms with Gasteiger partial charge in [0, 0.05) is 12.8 Å². The Labute approximate surface area is 564 Å². The second-order valence-electron chi connectivity index (χ2n) is 27.6. The van der Waals surface area contributed by atoms with Gasteiger partial charge in [0.1, 0.15) is 13.2 Å². The molecule has 9 heteroatoms. The third-order valence-corrected chi connectivity index (χ3v) is 17.4. The van der Waals surface area contributed by atoms with Gasteiger partial charge in [-0.1, -0.05) is 350 Å². The lowest BCUT2D eigenvalue weighted by atomic mass is 10.0. The molecule has 9 nitrogen and oxygen atoms in total. The van der Waals surface area contributed by atoms with Crippen molar-refractivity contribution in [3.63, 3.8) is 0 Å². The van der Waals surface area contributed by atoms with E-state index in [0.29, 0.717) is 23.9 Å². The second kappa shape index (κ2) is 72.6. The van der Waals surface area contributed by atoms with Gasteiger partial charge in [0.05, 0.1) is 40.3 Å². The van der Waals surface area contributed by atoms with Crippen LogP contribution in [0, 0.1) is 0 Å². The van der Waals surface area contributed by atoms with Gasteiger partial charge in [-0.15, -0.1) is 0 Å². The molecular weight excluding hydrogens is 1130 g/mol. The van der Waals surface area contributed by atoms with Crippen LogP contribution >= 0.6 is 0 Å². The molecule has 0 rings (SSSR count). The Morgan fingerprint density at radius 3 is 0.945 bits per heavy atom. The van der Waals surface area contributed by atoms with Crippen molar-refractivity contribution in [2.24, 2.45) is 0 Å². The number of quaternary nitrogens is 1. The number of rotatable bonds is 73. The summed E-state index contributed by atoms with van der Waals surface area (Å²) in [6.07, 6.45) is 94.5. The number of hydrogen-bond acceptors (Lipinski definition) is 8. The number of nitrogens with zero attached hydrogens (tertiary/aromatic N) is 1. The Morgan fingerprint density at radius 1 is 0.341 bits per heavy atom. The second-order valence-corrected chi connectivity index (χ2v) is 27.6. The monoisotopic (exact) mass is 1280 g/mol. The van der Waals surface area contributed by atoms with Crippen molar-refractivity contribution in [1.82, 2.24) is 0 Å². The molecule has 0 fully saturated rings. The number of carboxylic acids is 1. The van der Waals surface area contributed by atoms with Crippen molar-refractivity contribution < 1.29 is 42.9 Å². The van der Waals surface area contributed by atoms with E-state index < -0.39 is 24.3 Å². The fourth-order valence-electron chi connectivity index (χ4n) is 11.5. The maximum atomic E-state index is 13.0. The molecule has 0 aliphatic rings. The fourth-order valence-corrected chi connectivity index (χ4v) is 11.5. The molecule has 0 saturated heterocycles. The van der Waals surface area contributed by atoms with Crippen molar-refractivity contribution in [2.75, 3.05) is 47.5 Å². The topological polar surface area (TPSA) is 111 Å². The molecule has 0 heterocycles. The molecule has 0 aliphatic carbocycles. The van der Waals surface area contributed by atoms with E-state index >= 15 is 0 Å². The first kappa shape index (κ1) is 87.7. The number of unbranched alkanes of at least 4 members (excludes halogenated alkanes) is 46. The van der Waals surface area contributed by atoms with Gasteiger partial charge in [-0.2, -0.15) is 0 Å². The van der Waals surface area contributed by atoms with E-state index in [1.165, 1.54) is 276 Å². The Morgan fingerprint density at radius 2 is 0.626 bits per heavy atom. The fraction of sp³-hybridized carbons (Fsp3) is 0.817. The van der Waals surface area contributed by atoms with E-state index in [4.69, 9.17) is 18.9 Å². The first-order valence-electron chi connectivity index (χ1n) is 39.1. The average Bonchev–Trinajstić information content (AvgIpc) is 3.46. The predicted molar refractivity (Wildman–Crippen MR) is 389 cm³/mol. The average molecular weight is 1280 g/mol. The first-order valence-corrected chi connectivity index (χ1v) is 39.1. The number of allylic oxidation sites excluding steroid dienone is 12. The van der Waals surface area contributed by atoms with Gasteiger partial charge in [0.2, 0.25) is 0 Å². The maximum absolute atomic E-state index is 13.0. The van der Waals surface area contributed by atoms with Gasteiger partial charge in [-0.25, -0.2) is 0 Å². The summed E-state index contributed by atoms with van der Waals surface area (Å²) < 4.78 is 22.9. The minimum atomic E-state index is -1.62. The molecular formula is C82H149NO8. The highest BCUT2D eigenvalue weighted by Gasteiger charge is 2.22. The number of carbonyl (C=O) groups is 3. The van der Waals surface area contributed by atoms with Gasteiger partial charge in [-0.3, -0.25) is 9.59 Å². The molecule has 0 aliphatic heterocycles. The molecule has 91 heavy (non-hydrogen) atoms. The van der Waals surface area contributed by atoms with Gasteiger partial charge in [0.25, 0.3) is 0 Å².